The molecule has 7 nitrogen and oxygen atoms in total. The molecule has 23 heavy (non-hydrogen) atoms. The molecule has 3 heterocycles. The maximum absolute atomic E-state index is 12.2. The minimum absolute atomic E-state index is 0. The fraction of sp³-hybridized carbons (Fsp3) is 0.643. The zero-order valence-electron chi connectivity index (χ0n) is 12.9. The van der Waals surface area contributed by atoms with Crippen molar-refractivity contribution in [3.05, 3.63) is 11.1 Å². The molecule has 2 saturated heterocycles. The number of ether oxygens (including phenoxy) is 2. The highest BCUT2D eigenvalue weighted by atomic mass is 35.5. The maximum atomic E-state index is 12.2. The van der Waals surface area contributed by atoms with Gasteiger partial charge in [0, 0.05) is 29.7 Å². The summed E-state index contributed by atoms with van der Waals surface area (Å²) in [5.74, 6) is -1.59. The molecule has 0 aliphatic carbocycles. The SMILES string of the molecule is COC(=O)C1C(C(=O)OC)C2CCC1N2Cc1cnc(N)s1.Cl. The Balaban J connectivity index is 0.00000192. The van der Waals surface area contributed by atoms with Crippen LogP contribution in [0, 0.1) is 11.8 Å². The summed E-state index contributed by atoms with van der Waals surface area (Å²) >= 11 is 1.43. The van der Waals surface area contributed by atoms with Crippen LogP contribution in [-0.2, 0) is 25.6 Å². The van der Waals surface area contributed by atoms with Crippen molar-refractivity contribution in [1.82, 2.24) is 9.88 Å². The van der Waals surface area contributed by atoms with E-state index in [9.17, 15) is 9.59 Å². The van der Waals surface area contributed by atoms with Crippen LogP contribution in [-0.4, -0.2) is 48.1 Å². The van der Waals surface area contributed by atoms with Gasteiger partial charge in [-0.05, 0) is 12.8 Å². The Morgan fingerprint density at radius 2 is 1.78 bits per heavy atom. The first-order chi connectivity index (χ1) is 10.6. The number of anilines is 1. The lowest BCUT2D eigenvalue weighted by molar-refractivity contribution is -0.157. The Bertz CT molecular complexity index is 566. The van der Waals surface area contributed by atoms with Gasteiger partial charge in [-0.2, -0.15) is 0 Å². The van der Waals surface area contributed by atoms with Crippen LogP contribution in [0.3, 0.4) is 0 Å². The molecule has 2 N–H and O–H groups in total. The van der Waals surface area contributed by atoms with Crippen molar-refractivity contribution in [1.29, 1.82) is 0 Å². The van der Waals surface area contributed by atoms with Crippen molar-refractivity contribution in [3.63, 3.8) is 0 Å². The number of halogens is 1. The predicted octanol–water partition coefficient (Wildman–Crippen LogP) is 1.07. The summed E-state index contributed by atoms with van der Waals surface area (Å²) in [5, 5.41) is 0.524. The number of nitrogens with two attached hydrogens (primary N) is 1. The van der Waals surface area contributed by atoms with Crippen molar-refractivity contribution >= 4 is 40.8 Å². The number of fused-ring (bicyclic) bond motifs is 2. The van der Waals surface area contributed by atoms with Gasteiger partial charge < -0.3 is 15.2 Å². The standard InChI is InChI=1S/C14H19N3O4S.ClH/c1-20-12(18)10-8-3-4-9(11(10)13(19)21-2)17(8)6-7-5-16-14(15)22-7;/h5,8-11H,3-4,6H2,1-2H3,(H2,15,16);1H. The van der Waals surface area contributed by atoms with E-state index >= 15 is 0 Å². The summed E-state index contributed by atoms with van der Waals surface area (Å²) in [6.45, 7) is 0.644. The minimum atomic E-state index is -0.457. The van der Waals surface area contributed by atoms with E-state index in [0.29, 0.717) is 11.7 Å². The molecule has 9 heteroatoms. The number of methoxy groups -OCH3 is 2. The van der Waals surface area contributed by atoms with E-state index < -0.39 is 11.8 Å². The van der Waals surface area contributed by atoms with Crippen LogP contribution >= 0.6 is 23.7 Å². The molecule has 0 saturated carbocycles. The third-order valence-corrected chi connectivity index (χ3v) is 5.49. The highest BCUT2D eigenvalue weighted by Crippen LogP contribution is 2.47. The summed E-state index contributed by atoms with van der Waals surface area (Å²) in [6, 6.07) is 0.00903. The van der Waals surface area contributed by atoms with Crippen LogP contribution in [0.5, 0.6) is 0 Å². The van der Waals surface area contributed by atoms with Gasteiger partial charge in [0.1, 0.15) is 0 Å². The lowest BCUT2D eigenvalue weighted by Gasteiger charge is -2.24. The zero-order valence-corrected chi connectivity index (χ0v) is 14.6. The van der Waals surface area contributed by atoms with Crippen LogP contribution < -0.4 is 5.73 Å². The molecule has 4 unspecified atom stereocenters. The third-order valence-electron chi connectivity index (χ3n) is 4.68. The number of esters is 2. The molecule has 2 aliphatic heterocycles. The Labute approximate surface area is 144 Å². The lowest BCUT2D eigenvalue weighted by atomic mass is 9.79. The quantitative estimate of drug-likeness (QED) is 0.801. The molecule has 1 aromatic rings. The fourth-order valence-electron chi connectivity index (χ4n) is 3.86. The maximum Gasteiger partial charge on any atom is 0.311 e. The van der Waals surface area contributed by atoms with E-state index in [1.54, 1.807) is 6.20 Å². The number of hydrogen-bond donors (Lipinski definition) is 1. The van der Waals surface area contributed by atoms with Crippen LogP contribution in [0.25, 0.3) is 0 Å². The minimum Gasteiger partial charge on any atom is -0.469 e. The van der Waals surface area contributed by atoms with Crippen LogP contribution in [0.1, 0.15) is 17.7 Å². The number of nitrogens with zero attached hydrogens (tertiary/aromatic N) is 2. The second-order valence-corrected chi connectivity index (χ2v) is 6.79. The Morgan fingerprint density at radius 3 is 2.17 bits per heavy atom. The molecule has 0 amide bonds. The van der Waals surface area contributed by atoms with Gasteiger partial charge in [-0.1, -0.05) is 0 Å². The molecular formula is C14H20ClN3O4S. The summed E-state index contributed by atoms with van der Waals surface area (Å²) in [5.41, 5.74) is 5.67. The molecule has 4 atom stereocenters. The monoisotopic (exact) mass is 361 g/mol. The van der Waals surface area contributed by atoms with Crippen molar-refractivity contribution in [2.24, 2.45) is 11.8 Å². The van der Waals surface area contributed by atoms with Gasteiger partial charge in [0.25, 0.3) is 0 Å². The largest absolute Gasteiger partial charge is 0.469 e. The van der Waals surface area contributed by atoms with Gasteiger partial charge in [-0.25, -0.2) is 4.98 Å². The Morgan fingerprint density at radius 1 is 1.26 bits per heavy atom. The highest BCUT2D eigenvalue weighted by molar-refractivity contribution is 7.15. The number of rotatable bonds is 4. The van der Waals surface area contributed by atoms with E-state index in [2.05, 4.69) is 9.88 Å². The van der Waals surface area contributed by atoms with E-state index in [1.807, 2.05) is 0 Å². The number of carbonyl (C=O) groups is 2. The molecule has 128 valence electrons. The number of thiazole rings is 1. The first-order valence-electron chi connectivity index (χ1n) is 7.18. The lowest BCUT2D eigenvalue weighted by Crippen LogP contribution is -2.39. The van der Waals surface area contributed by atoms with Crippen molar-refractivity contribution in [2.75, 3.05) is 20.0 Å². The van der Waals surface area contributed by atoms with Crippen molar-refractivity contribution < 1.29 is 19.1 Å². The van der Waals surface area contributed by atoms with Gasteiger partial charge in [-0.3, -0.25) is 14.5 Å². The number of nitrogen functional groups attached to an aromatic ring is 1. The Kier molecular flexibility index (Phi) is 5.49. The fourth-order valence-corrected chi connectivity index (χ4v) is 4.55. The zero-order chi connectivity index (χ0) is 15.9. The van der Waals surface area contributed by atoms with Gasteiger partial charge in [0.15, 0.2) is 5.13 Å². The number of hydrogen-bond acceptors (Lipinski definition) is 8. The normalized spacial score (nSPS) is 29.1. The van der Waals surface area contributed by atoms with Crippen molar-refractivity contribution in [3.8, 4) is 0 Å². The second kappa shape index (κ2) is 7.02. The van der Waals surface area contributed by atoms with Crippen LogP contribution in [0.4, 0.5) is 5.13 Å². The molecule has 2 fully saturated rings. The van der Waals surface area contributed by atoms with Gasteiger partial charge in [-0.15, -0.1) is 23.7 Å². The topological polar surface area (TPSA) is 94.8 Å². The van der Waals surface area contributed by atoms with E-state index in [4.69, 9.17) is 15.2 Å². The van der Waals surface area contributed by atoms with Gasteiger partial charge in [0.2, 0.25) is 0 Å². The molecule has 2 bridgehead atoms. The average molecular weight is 362 g/mol. The molecular weight excluding hydrogens is 342 g/mol. The molecule has 0 aromatic carbocycles. The molecule has 1 aromatic heterocycles. The van der Waals surface area contributed by atoms with Gasteiger partial charge >= 0.3 is 11.9 Å². The van der Waals surface area contributed by atoms with Crippen molar-refractivity contribution in [2.45, 2.75) is 31.5 Å². The summed E-state index contributed by atoms with van der Waals surface area (Å²) in [4.78, 5) is 31.6. The average Bonchev–Trinajstić information content (AvgIpc) is 3.19. The number of aromatic nitrogens is 1. The summed E-state index contributed by atoms with van der Waals surface area (Å²) in [7, 11) is 2.72. The van der Waals surface area contributed by atoms with Crippen LogP contribution in [0.15, 0.2) is 6.20 Å². The molecule has 3 rings (SSSR count). The van der Waals surface area contributed by atoms with Gasteiger partial charge in [0.05, 0.1) is 26.1 Å². The van der Waals surface area contributed by atoms with E-state index in [-0.39, 0.29) is 36.4 Å². The number of carbonyl (C=O) groups excluding carboxylic acids is 2. The highest BCUT2D eigenvalue weighted by Gasteiger charge is 2.59. The third kappa shape index (κ3) is 3.02. The van der Waals surface area contributed by atoms with E-state index in [0.717, 1.165) is 17.7 Å². The molecule has 0 spiro atoms. The predicted molar refractivity (Wildman–Crippen MR) is 87.1 cm³/mol. The second-order valence-electron chi connectivity index (χ2n) is 5.65. The first kappa shape index (κ1) is 18.0. The summed E-state index contributed by atoms with van der Waals surface area (Å²) < 4.78 is 9.82. The smallest absolute Gasteiger partial charge is 0.311 e. The van der Waals surface area contributed by atoms with Crippen LogP contribution in [0.2, 0.25) is 0 Å². The summed E-state index contributed by atoms with van der Waals surface area (Å²) in [6.07, 6.45) is 3.51. The molecule has 2 aliphatic rings. The van der Waals surface area contributed by atoms with E-state index in [1.165, 1.54) is 25.6 Å². The Hall–Kier alpha value is -1.38. The molecule has 0 radical (unpaired) electrons. The first-order valence-corrected chi connectivity index (χ1v) is 8.00.